The monoisotopic (exact) mass is 157 g/mol. The first-order chi connectivity index (χ1) is 5.43. The van der Waals surface area contributed by atoms with E-state index in [1.54, 1.807) is 0 Å². The van der Waals surface area contributed by atoms with Crippen LogP contribution in [0.25, 0.3) is 0 Å². The van der Waals surface area contributed by atoms with Gasteiger partial charge < -0.3 is 15.2 Å². The molecule has 1 aliphatic rings. The highest BCUT2D eigenvalue weighted by atomic mass is 16.5. The second-order valence-electron chi connectivity index (χ2n) is 2.56. The summed E-state index contributed by atoms with van der Waals surface area (Å²) in [5.41, 5.74) is 0. The van der Waals surface area contributed by atoms with Crippen molar-refractivity contribution in [2.24, 2.45) is 0 Å². The molecule has 64 valence electrons. The van der Waals surface area contributed by atoms with E-state index in [2.05, 4.69) is 11.4 Å². The van der Waals surface area contributed by atoms with Crippen LogP contribution in [0.2, 0.25) is 0 Å². The zero-order valence-electron chi connectivity index (χ0n) is 6.68. The van der Waals surface area contributed by atoms with Gasteiger partial charge in [0.1, 0.15) is 5.76 Å². The second kappa shape index (κ2) is 5.16. The van der Waals surface area contributed by atoms with Gasteiger partial charge in [0.15, 0.2) is 0 Å². The smallest absolute Gasteiger partial charge is 0.106 e. The van der Waals surface area contributed by atoms with Crippen molar-refractivity contribution in [3.63, 3.8) is 0 Å². The number of ether oxygens (including phenoxy) is 1. The minimum absolute atomic E-state index is 0.188. The van der Waals surface area contributed by atoms with Crippen LogP contribution >= 0.6 is 0 Å². The summed E-state index contributed by atoms with van der Waals surface area (Å²) in [6, 6.07) is 0. The average molecular weight is 157 g/mol. The standard InChI is InChI=1S/C8H15NO2/c10-5-4-9-7-8-3-1-2-6-11-8/h3,9-10H,1-2,4-7H2. The van der Waals surface area contributed by atoms with Gasteiger partial charge in [-0.2, -0.15) is 0 Å². The Kier molecular flexibility index (Phi) is 4.01. The zero-order valence-corrected chi connectivity index (χ0v) is 6.68. The van der Waals surface area contributed by atoms with E-state index >= 15 is 0 Å². The van der Waals surface area contributed by atoms with Gasteiger partial charge in [-0.15, -0.1) is 0 Å². The number of aliphatic hydroxyl groups is 1. The first kappa shape index (κ1) is 8.56. The second-order valence-corrected chi connectivity index (χ2v) is 2.56. The molecule has 0 aromatic carbocycles. The molecule has 0 spiro atoms. The number of allylic oxidation sites excluding steroid dienone is 1. The summed E-state index contributed by atoms with van der Waals surface area (Å²) < 4.78 is 5.34. The van der Waals surface area contributed by atoms with Gasteiger partial charge in [0.05, 0.1) is 19.8 Å². The highest BCUT2D eigenvalue weighted by molar-refractivity contribution is 4.97. The van der Waals surface area contributed by atoms with Crippen LogP contribution in [0.4, 0.5) is 0 Å². The average Bonchev–Trinajstić information content (AvgIpc) is 2.07. The molecule has 0 radical (unpaired) electrons. The van der Waals surface area contributed by atoms with Crippen molar-refractivity contribution in [2.75, 3.05) is 26.3 Å². The maximum absolute atomic E-state index is 8.47. The molecule has 0 atom stereocenters. The lowest BCUT2D eigenvalue weighted by molar-refractivity contribution is 0.185. The molecular formula is C8H15NO2. The molecular weight excluding hydrogens is 142 g/mol. The fraction of sp³-hybridized carbons (Fsp3) is 0.750. The third kappa shape index (κ3) is 3.39. The SMILES string of the molecule is OCCNCC1=CCCCO1. The molecule has 2 N–H and O–H groups in total. The van der Waals surface area contributed by atoms with Gasteiger partial charge in [0.2, 0.25) is 0 Å². The Hall–Kier alpha value is -0.540. The van der Waals surface area contributed by atoms with E-state index in [4.69, 9.17) is 9.84 Å². The molecule has 3 heteroatoms. The third-order valence-corrected chi connectivity index (χ3v) is 1.60. The highest BCUT2D eigenvalue weighted by Gasteiger charge is 2.02. The van der Waals surface area contributed by atoms with Crippen molar-refractivity contribution in [2.45, 2.75) is 12.8 Å². The van der Waals surface area contributed by atoms with Crippen molar-refractivity contribution in [1.29, 1.82) is 0 Å². The Balaban J connectivity index is 2.09. The van der Waals surface area contributed by atoms with Crippen molar-refractivity contribution >= 4 is 0 Å². The zero-order chi connectivity index (χ0) is 7.94. The third-order valence-electron chi connectivity index (χ3n) is 1.60. The van der Waals surface area contributed by atoms with Crippen LogP contribution in [-0.2, 0) is 4.74 Å². The molecule has 0 saturated heterocycles. The topological polar surface area (TPSA) is 41.5 Å². The van der Waals surface area contributed by atoms with Gasteiger partial charge in [-0.3, -0.25) is 0 Å². The molecule has 0 aliphatic carbocycles. The molecule has 1 aliphatic heterocycles. The Bertz CT molecular complexity index is 134. The minimum Gasteiger partial charge on any atom is -0.497 e. The van der Waals surface area contributed by atoms with Gasteiger partial charge in [-0.1, -0.05) is 0 Å². The fourth-order valence-corrected chi connectivity index (χ4v) is 1.02. The van der Waals surface area contributed by atoms with E-state index < -0.39 is 0 Å². The van der Waals surface area contributed by atoms with Crippen LogP contribution in [0.3, 0.4) is 0 Å². The Morgan fingerprint density at radius 3 is 3.18 bits per heavy atom. The van der Waals surface area contributed by atoms with E-state index in [1.165, 1.54) is 0 Å². The van der Waals surface area contributed by atoms with Gasteiger partial charge >= 0.3 is 0 Å². The Morgan fingerprint density at radius 1 is 1.64 bits per heavy atom. The van der Waals surface area contributed by atoms with Crippen LogP contribution in [0.15, 0.2) is 11.8 Å². The molecule has 0 saturated carbocycles. The Morgan fingerprint density at radius 2 is 2.55 bits per heavy atom. The molecule has 1 heterocycles. The maximum atomic E-state index is 8.47. The number of rotatable bonds is 4. The van der Waals surface area contributed by atoms with Crippen molar-refractivity contribution in [1.82, 2.24) is 5.32 Å². The van der Waals surface area contributed by atoms with Crippen LogP contribution in [0.1, 0.15) is 12.8 Å². The van der Waals surface area contributed by atoms with Gasteiger partial charge in [0, 0.05) is 6.54 Å². The normalized spacial score (nSPS) is 17.4. The maximum Gasteiger partial charge on any atom is 0.106 e. The number of nitrogens with one attached hydrogen (secondary N) is 1. The molecule has 0 amide bonds. The summed E-state index contributed by atoms with van der Waals surface area (Å²) in [6.45, 7) is 2.42. The van der Waals surface area contributed by atoms with Crippen LogP contribution in [0.5, 0.6) is 0 Å². The van der Waals surface area contributed by atoms with Crippen LogP contribution in [-0.4, -0.2) is 31.4 Å². The van der Waals surface area contributed by atoms with Gasteiger partial charge in [-0.25, -0.2) is 0 Å². The largest absolute Gasteiger partial charge is 0.497 e. The van der Waals surface area contributed by atoms with E-state index in [0.717, 1.165) is 31.8 Å². The predicted molar refractivity (Wildman–Crippen MR) is 43.2 cm³/mol. The van der Waals surface area contributed by atoms with Crippen LogP contribution in [0, 0.1) is 0 Å². The highest BCUT2D eigenvalue weighted by Crippen LogP contribution is 2.07. The predicted octanol–water partition coefficient (Wildman–Crippen LogP) is 0.263. The van der Waals surface area contributed by atoms with E-state index in [-0.39, 0.29) is 6.61 Å². The van der Waals surface area contributed by atoms with Gasteiger partial charge in [-0.05, 0) is 18.9 Å². The molecule has 0 fully saturated rings. The lowest BCUT2D eigenvalue weighted by atomic mass is 10.2. The summed E-state index contributed by atoms with van der Waals surface area (Å²) in [5.74, 6) is 1.02. The molecule has 0 bridgehead atoms. The van der Waals surface area contributed by atoms with E-state index in [9.17, 15) is 0 Å². The van der Waals surface area contributed by atoms with Crippen LogP contribution < -0.4 is 5.32 Å². The molecule has 0 aromatic heterocycles. The summed E-state index contributed by atoms with van der Waals surface area (Å²) >= 11 is 0. The number of aliphatic hydroxyl groups excluding tert-OH is 1. The molecule has 0 aromatic rings. The summed E-state index contributed by atoms with van der Waals surface area (Å²) in [4.78, 5) is 0. The summed E-state index contributed by atoms with van der Waals surface area (Å²) in [7, 11) is 0. The summed E-state index contributed by atoms with van der Waals surface area (Å²) in [5, 5.41) is 11.5. The van der Waals surface area contributed by atoms with E-state index in [0.29, 0.717) is 6.54 Å². The number of hydrogen-bond donors (Lipinski definition) is 2. The first-order valence-electron chi connectivity index (χ1n) is 4.07. The lowest BCUT2D eigenvalue weighted by Gasteiger charge is -2.14. The lowest BCUT2D eigenvalue weighted by Crippen LogP contribution is -2.22. The molecule has 11 heavy (non-hydrogen) atoms. The molecule has 1 rings (SSSR count). The quantitative estimate of drug-likeness (QED) is 0.575. The Labute approximate surface area is 67.1 Å². The van der Waals surface area contributed by atoms with Crippen molar-refractivity contribution < 1.29 is 9.84 Å². The molecule has 0 unspecified atom stereocenters. The number of hydrogen-bond acceptors (Lipinski definition) is 3. The van der Waals surface area contributed by atoms with Crippen molar-refractivity contribution in [3.8, 4) is 0 Å². The minimum atomic E-state index is 0.188. The fourth-order valence-electron chi connectivity index (χ4n) is 1.02. The molecule has 3 nitrogen and oxygen atoms in total. The van der Waals surface area contributed by atoms with Gasteiger partial charge in [0.25, 0.3) is 0 Å². The first-order valence-corrected chi connectivity index (χ1v) is 4.07. The van der Waals surface area contributed by atoms with E-state index in [1.807, 2.05) is 0 Å². The van der Waals surface area contributed by atoms with Crippen molar-refractivity contribution in [3.05, 3.63) is 11.8 Å². The summed E-state index contributed by atoms with van der Waals surface area (Å²) in [6.07, 6.45) is 4.35.